The van der Waals surface area contributed by atoms with Crippen LogP contribution in [0.1, 0.15) is 0 Å². The molecule has 0 aromatic heterocycles. The second-order valence-electron chi connectivity index (χ2n) is 2.47. The fourth-order valence-electron chi connectivity index (χ4n) is 0.692. The van der Waals surface area contributed by atoms with Gasteiger partial charge in [0.15, 0.2) is 0 Å². The van der Waals surface area contributed by atoms with E-state index in [2.05, 4.69) is 4.74 Å². The van der Waals surface area contributed by atoms with Crippen LogP contribution in [0.2, 0.25) is 0 Å². The zero-order chi connectivity index (χ0) is 8.91. The third kappa shape index (κ3) is 7.67. The van der Waals surface area contributed by atoms with E-state index in [0.717, 1.165) is 0 Å². The number of ether oxygens (including phenoxy) is 1. The monoisotopic (exact) mass is 170 g/mol. The summed E-state index contributed by atoms with van der Waals surface area (Å²) >= 11 is 0. The number of rotatable bonds is 5. The molecule has 2 nitrogen and oxygen atoms in total. The molecule has 0 heterocycles. The Balaban J connectivity index is 3.44. The van der Waals surface area contributed by atoms with Gasteiger partial charge in [-0.3, -0.25) is 0 Å². The van der Waals surface area contributed by atoms with Gasteiger partial charge in [-0.25, -0.2) is 0 Å². The Morgan fingerprint density at radius 2 is 1.91 bits per heavy atom. The Labute approximate surface area is 64.4 Å². The Hall–Kier alpha value is -0.225. The zero-order valence-electron chi connectivity index (χ0n) is 6.69. The zero-order valence-corrected chi connectivity index (χ0v) is 6.69. The minimum atomic E-state index is -4.69. The van der Waals surface area contributed by atoms with Crippen molar-refractivity contribution in [2.45, 2.75) is 0 Å². The molecule has 0 unspecified atom stereocenters. The third-order valence-electron chi connectivity index (χ3n) is 1.20. The lowest BCUT2D eigenvalue weighted by molar-refractivity contribution is 0.164. The van der Waals surface area contributed by atoms with Crippen LogP contribution in [0.15, 0.2) is 0 Å². The molecular weight excluding hydrogens is 158 g/mol. The van der Waals surface area contributed by atoms with Crippen molar-refractivity contribution in [2.75, 3.05) is 33.8 Å². The van der Waals surface area contributed by atoms with Gasteiger partial charge in [-0.15, -0.1) is 0 Å². The van der Waals surface area contributed by atoms with Crippen LogP contribution in [0.5, 0.6) is 0 Å². The molecule has 0 saturated heterocycles. The van der Waals surface area contributed by atoms with E-state index < -0.39 is 13.4 Å². The highest BCUT2D eigenvalue weighted by Crippen LogP contribution is 2.08. The van der Waals surface area contributed by atoms with E-state index >= 15 is 0 Å². The van der Waals surface area contributed by atoms with Crippen LogP contribution >= 0.6 is 0 Å². The van der Waals surface area contributed by atoms with Gasteiger partial charge in [-0.1, -0.05) is 0 Å². The van der Waals surface area contributed by atoms with Gasteiger partial charge in [0.05, 0.1) is 6.61 Å². The Morgan fingerprint density at radius 3 is 2.27 bits per heavy atom. The van der Waals surface area contributed by atoms with Gasteiger partial charge >= 0.3 is 6.98 Å². The van der Waals surface area contributed by atoms with Gasteiger partial charge in [0.2, 0.25) is 0 Å². The molecule has 0 aromatic carbocycles. The first kappa shape index (κ1) is 10.8. The average Bonchev–Trinajstić information content (AvgIpc) is 1.79. The van der Waals surface area contributed by atoms with Crippen LogP contribution in [0, 0.1) is 0 Å². The minimum Gasteiger partial charge on any atom is -0.448 e. The highest BCUT2D eigenvalue weighted by atomic mass is 19.4. The Bertz CT molecular complexity index is 108. The van der Waals surface area contributed by atoms with E-state index in [1.807, 2.05) is 0 Å². The molecule has 0 aliphatic rings. The number of hydrogen-bond donors (Lipinski definition) is 0. The summed E-state index contributed by atoms with van der Waals surface area (Å²) in [6.45, 7) is -4.04. The summed E-state index contributed by atoms with van der Waals surface area (Å²) in [5.74, 6) is 0. The van der Waals surface area contributed by atoms with Crippen molar-refractivity contribution in [1.29, 1.82) is 0 Å². The van der Waals surface area contributed by atoms with Gasteiger partial charge in [-0.2, -0.15) is 0 Å². The third-order valence-corrected chi connectivity index (χ3v) is 1.20. The van der Waals surface area contributed by atoms with Crippen LogP contribution < -0.4 is 0 Å². The van der Waals surface area contributed by atoms with Crippen molar-refractivity contribution in [2.24, 2.45) is 0 Å². The summed E-state index contributed by atoms with van der Waals surface area (Å²) in [4.78, 5) is 1.20. The maximum absolute atomic E-state index is 11.7. The molecule has 0 saturated carbocycles. The summed E-state index contributed by atoms with van der Waals surface area (Å²) < 4.78 is 39.8. The minimum absolute atomic E-state index is 0.317. The lowest BCUT2D eigenvalue weighted by atomic mass is 9.91. The maximum Gasteiger partial charge on any atom is 0.492 e. The highest BCUT2D eigenvalue weighted by molar-refractivity contribution is 6.58. The average molecular weight is 170 g/mol. The topological polar surface area (TPSA) is 12.5 Å². The number of likely N-dealkylation sites (N-methyl/N-ethyl adjacent to an activating group) is 1. The van der Waals surface area contributed by atoms with E-state index in [1.54, 1.807) is 0 Å². The lowest BCUT2D eigenvalue weighted by Crippen LogP contribution is -2.37. The van der Waals surface area contributed by atoms with Crippen molar-refractivity contribution >= 4 is 6.98 Å². The molecule has 0 fully saturated rings. The van der Waals surface area contributed by atoms with Gasteiger partial charge in [0.1, 0.15) is 0 Å². The van der Waals surface area contributed by atoms with Crippen LogP contribution in [-0.2, 0) is 4.74 Å². The van der Waals surface area contributed by atoms with E-state index in [0.29, 0.717) is 13.2 Å². The molecule has 0 aliphatic carbocycles. The fraction of sp³-hybridized carbons (Fsp3) is 1.00. The first-order valence-corrected chi connectivity index (χ1v) is 3.34. The first-order valence-electron chi connectivity index (χ1n) is 3.34. The van der Waals surface area contributed by atoms with Gasteiger partial charge < -0.3 is 22.6 Å². The Morgan fingerprint density at radius 1 is 1.36 bits per heavy atom. The van der Waals surface area contributed by atoms with E-state index in [1.165, 1.54) is 19.1 Å². The van der Waals surface area contributed by atoms with Gasteiger partial charge in [0, 0.05) is 13.7 Å². The molecule has 0 N–H and O–H groups in total. The molecular formula is C5H12BF3NO-. The van der Waals surface area contributed by atoms with Gasteiger partial charge in [-0.05, 0) is 13.5 Å². The summed E-state index contributed by atoms with van der Waals surface area (Å²) in [6.07, 6.45) is -0.816. The molecule has 11 heavy (non-hydrogen) atoms. The maximum atomic E-state index is 11.7. The second-order valence-corrected chi connectivity index (χ2v) is 2.47. The standard InChI is InChI=1S/C5H12BF3NO/c1-10(3-4-11-2)5-6(7,8)9/h3-5H2,1-2H3/q-1. The largest absolute Gasteiger partial charge is 0.492 e. The van der Waals surface area contributed by atoms with Crippen LogP contribution in [0.25, 0.3) is 0 Å². The molecule has 0 rings (SSSR count). The van der Waals surface area contributed by atoms with Crippen molar-refractivity contribution < 1.29 is 17.7 Å². The molecule has 0 radical (unpaired) electrons. The summed E-state index contributed by atoms with van der Waals surface area (Å²) in [5.41, 5.74) is 0. The molecule has 0 amide bonds. The Kier molecular flexibility index (Phi) is 4.52. The number of nitrogens with zero attached hydrogens (tertiary/aromatic N) is 1. The predicted molar refractivity (Wildman–Crippen MR) is 38.5 cm³/mol. The molecule has 0 aliphatic heterocycles. The number of methoxy groups -OCH3 is 1. The van der Waals surface area contributed by atoms with E-state index in [9.17, 15) is 12.9 Å². The fourth-order valence-corrected chi connectivity index (χ4v) is 0.692. The predicted octanol–water partition coefficient (Wildman–Crippen LogP) is 0.951. The van der Waals surface area contributed by atoms with Crippen molar-refractivity contribution in [1.82, 2.24) is 4.90 Å². The van der Waals surface area contributed by atoms with E-state index in [-0.39, 0.29) is 0 Å². The van der Waals surface area contributed by atoms with Crippen LogP contribution in [-0.4, -0.2) is 45.6 Å². The number of hydrogen-bond acceptors (Lipinski definition) is 2. The highest BCUT2D eigenvalue weighted by Gasteiger charge is 2.24. The molecule has 0 spiro atoms. The SMILES string of the molecule is COCCN(C)C[B-](F)(F)F. The molecule has 0 atom stereocenters. The molecule has 0 bridgehead atoms. The molecule has 6 heteroatoms. The number of halogens is 3. The van der Waals surface area contributed by atoms with Crippen molar-refractivity contribution in [3.05, 3.63) is 0 Å². The van der Waals surface area contributed by atoms with Gasteiger partial charge in [0.25, 0.3) is 0 Å². The smallest absolute Gasteiger partial charge is 0.448 e. The second kappa shape index (κ2) is 4.61. The summed E-state index contributed by atoms with van der Waals surface area (Å²) in [7, 11) is 2.89. The summed E-state index contributed by atoms with van der Waals surface area (Å²) in [6, 6.07) is 0. The molecule has 68 valence electrons. The van der Waals surface area contributed by atoms with Crippen molar-refractivity contribution in [3.8, 4) is 0 Å². The normalized spacial score (nSPS) is 12.5. The quantitative estimate of drug-likeness (QED) is 0.569. The van der Waals surface area contributed by atoms with Crippen molar-refractivity contribution in [3.63, 3.8) is 0 Å². The van der Waals surface area contributed by atoms with Crippen LogP contribution in [0.4, 0.5) is 12.9 Å². The van der Waals surface area contributed by atoms with E-state index in [4.69, 9.17) is 0 Å². The van der Waals surface area contributed by atoms with Crippen LogP contribution in [0.3, 0.4) is 0 Å². The summed E-state index contributed by atoms with van der Waals surface area (Å²) in [5, 5.41) is 0. The lowest BCUT2D eigenvalue weighted by Gasteiger charge is -2.22. The first-order chi connectivity index (χ1) is 4.95. The molecule has 0 aromatic rings.